The molecule has 0 aliphatic carbocycles. The van der Waals surface area contributed by atoms with Gasteiger partial charge in [0.1, 0.15) is 0 Å². The molecule has 0 amide bonds. The Morgan fingerprint density at radius 1 is 1.58 bits per heavy atom. The van der Waals surface area contributed by atoms with Gasteiger partial charge in [0.05, 0.1) is 17.7 Å². The summed E-state index contributed by atoms with van der Waals surface area (Å²) >= 11 is 1.47. The third kappa shape index (κ3) is 2.71. The van der Waals surface area contributed by atoms with Gasteiger partial charge in [0, 0.05) is 22.9 Å². The summed E-state index contributed by atoms with van der Waals surface area (Å²) in [5.41, 5.74) is 1.48. The summed E-state index contributed by atoms with van der Waals surface area (Å²) in [6.45, 7) is 5.19. The molecule has 1 aliphatic heterocycles. The van der Waals surface area contributed by atoms with E-state index in [2.05, 4.69) is 16.9 Å². The summed E-state index contributed by atoms with van der Waals surface area (Å²) in [6, 6.07) is 3.77. The third-order valence-electron chi connectivity index (χ3n) is 2.60. The van der Waals surface area contributed by atoms with Gasteiger partial charge in [0.2, 0.25) is 5.88 Å². The Labute approximate surface area is 116 Å². The molecule has 0 aromatic carbocycles. The minimum absolute atomic E-state index is 0.0159. The first-order valence-electron chi connectivity index (χ1n) is 5.69. The Balaban J connectivity index is 2.32. The van der Waals surface area contributed by atoms with Crippen LogP contribution in [0.3, 0.4) is 0 Å². The monoisotopic (exact) mass is 274 g/mol. The van der Waals surface area contributed by atoms with Gasteiger partial charge in [-0.25, -0.2) is 4.98 Å². The Bertz CT molecular complexity index is 591. The second kappa shape index (κ2) is 5.75. The Morgan fingerprint density at radius 3 is 3.00 bits per heavy atom. The fraction of sp³-hybridized carbons (Fsp3) is 0.143. The number of ketones is 1. The number of rotatable bonds is 4. The molecule has 0 saturated heterocycles. The number of hydrogen-bond acceptors (Lipinski definition) is 5. The lowest BCUT2D eigenvalue weighted by molar-refractivity contribution is -0.113. The van der Waals surface area contributed by atoms with Crippen LogP contribution in [-0.2, 0) is 4.79 Å². The molecule has 0 bridgehead atoms. The molecule has 1 aromatic rings. The summed E-state index contributed by atoms with van der Waals surface area (Å²) in [7, 11) is 1.58. The van der Waals surface area contributed by atoms with E-state index in [0.717, 1.165) is 15.5 Å². The number of allylic oxidation sites excluding steroid dienone is 2. The van der Waals surface area contributed by atoms with Crippen molar-refractivity contribution in [3.05, 3.63) is 53.4 Å². The van der Waals surface area contributed by atoms with Crippen LogP contribution in [0.2, 0.25) is 0 Å². The van der Waals surface area contributed by atoms with E-state index in [9.17, 15) is 4.79 Å². The van der Waals surface area contributed by atoms with Crippen molar-refractivity contribution in [3.8, 4) is 5.88 Å². The van der Waals surface area contributed by atoms with E-state index in [0.29, 0.717) is 11.5 Å². The smallest absolute Gasteiger partial charge is 0.221 e. The Morgan fingerprint density at radius 2 is 2.37 bits per heavy atom. The number of ether oxygens (including phenoxy) is 1. The van der Waals surface area contributed by atoms with E-state index in [-0.39, 0.29) is 5.78 Å². The molecule has 1 N–H and O–H groups in total. The maximum absolute atomic E-state index is 11.5. The predicted molar refractivity (Wildman–Crippen MR) is 77.4 cm³/mol. The Hall–Kier alpha value is -2.01. The molecule has 0 spiro atoms. The highest BCUT2D eigenvalue weighted by Crippen LogP contribution is 2.40. The SMILES string of the molecule is C=C/C(C(C)=O)=C1\NC=C(c2cccnc2OC)S1. The van der Waals surface area contributed by atoms with Crippen molar-refractivity contribution >= 4 is 22.5 Å². The number of nitrogens with one attached hydrogen (secondary N) is 1. The van der Waals surface area contributed by atoms with Crippen LogP contribution in [0.1, 0.15) is 12.5 Å². The van der Waals surface area contributed by atoms with Crippen molar-refractivity contribution in [2.24, 2.45) is 0 Å². The van der Waals surface area contributed by atoms with Crippen molar-refractivity contribution in [1.82, 2.24) is 10.3 Å². The first-order valence-corrected chi connectivity index (χ1v) is 6.50. The van der Waals surface area contributed by atoms with E-state index in [1.807, 2.05) is 18.3 Å². The average Bonchev–Trinajstić information content (AvgIpc) is 2.88. The number of aromatic nitrogens is 1. The van der Waals surface area contributed by atoms with E-state index in [1.54, 1.807) is 19.4 Å². The zero-order valence-electron chi connectivity index (χ0n) is 10.8. The molecule has 0 unspecified atom stereocenters. The third-order valence-corrected chi connectivity index (χ3v) is 3.70. The van der Waals surface area contributed by atoms with Crippen molar-refractivity contribution < 1.29 is 9.53 Å². The summed E-state index contributed by atoms with van der Waals surface area (Å²) in [6.07, 6.45) is 5.08. The van der Waals surface area contributed by atoms with Gasteiger partial charge in [-0.3, -0.25) is 4.79 Å². The van der Waals surface area contributed by atoms with Crippen molar-refractivity contribution in [2.75, 3.05) is 7.11 Å². The van der Waals surface area contributed by atoms with E-state index in [4.69, 9.17) is 4.74 Å². The van der Waals surface area contributed by atoms with Gasteiger partial charge in [-0.05, 0) is 19.1 Å². The molecule has 0 saturated carbocycles. The maximum atomic E-state index is 11.5. The van der Waals surface area contributed by atoms with Crippen LogP contribution < -0.4 is 10.1 Å². The number of carbonyl (C=O) groups is 1. The number of thioether (sulfide) groups is 1. The fourth-order valence-corrected chi connectivity index (χ4v) is 2.76. The van der Waals surface area contributed by atoms with Crippen LogP contribution in [0.4, 0.5) is 0 Å². The van der Waals surface area contributed by atoms with E-state index < -0.39 is 0 Å². The molecule has 0 fully saturated rings. The second-order valence-electron chi connectivity index (χ2n) is 3.82. The molecule has 5 heteroatoms. The fourth-order valence-electron chi connectivity index (χ4n) is 1.70. The summed E-state index contributed by atoms with van der Waals surface area (Å²) in [5.74, 6) is 0.546. The second-order valence-corrected chi connectivity index (χ2v) is 4.87. The summed E-state index contributed by atoms with van der Waals surface area (Å²) in [5, 5.41) is 3.87. The number of pyridine rings is 1. The zero-order chi connectivity index (χ0) is 13.8. The molecule has 0 atom stereocenters. The molecule has 1 aliphatic rings. The number of Topliss-reactive ketones (excluding diaryl/α,β-unsaturated/α-hetero) is 1. The van der Waals surface area contributed by atoms with Crippen molar-refractivity contribution in [1.29, 1.82) is 0 Å². The molecule has 98 valence electrons. The van der Waals surface area contributed by atoms with E-state index >= 15 is 0 Å². The topological polar surface area (TPSA) is 51.2 Å². The normalized spacial score (nSPS) is 16.4. The predicted octanol–water partition coefficient (Wildman–Crippen LogP) is 2.71. The van der Waals surface area contributed by atoms with Crippen LogP contribution in [0.25, 0.3) is 4.91 Å². The van der Waals surface area contributed by atoms with Crippen molar-refractivity contribution in [2.45, 2.75) is 6.92 Å². The molecule has 2 heterocycles. The minimum Gasteiger partial charge on any atom is -0.481 e. The van der Waals surface area contributed by atoms with Gasteiger partial charge in [-0.2, -0.15) is 0 Å². The highest BCUT2D eigenvalue weighted by molar-refractivity contribution is 8.12. The quantitative estimate of drug-likeness (QED) is 0.856. The molecule has 4 nitrogen and oxygen atoms in total. The van der Waals surface area contributed by atoms with Crippen LogP contribution in [0.5, 0.6) is 5.88 Å². The van der Waals surface area contributed by atoms with Crippen LogP contribution in [-0.4, -0.2) is 17.9 Å². The van der Waals surface area contributed by atoms with Gasteiger partial charge < -0.3 is 10.1 Å². The van der Waals surface area contributed by atoms with Gasteiger partial charge in [-0.1, -0.05) is 24.4 Å². The zero-order valence-corrected chi connectivity index (χ0v) is 11.6. The van der Waals surface area contributed by atoms with Crippen LogP contribution >= 0.6 is 11.8 Å². The van der Waals surface area contributed by atoms with Gasteiger partial charge in [-0.15, -0.1) is 0 Å². The largest absolute Gasteiger partial charge is 0.481 e. The summed E-state index contributed by atoms with van der Waals surface area (Å²) < 4.78 is 5.23. The maximum Gasteiger partial charge on any atom is 0.221 e. The molecule has 1 aromatic heterocycles. The van der Waals surface area contributed by atoms with Gasteiger partial charge in [0.15, 0.2) is 5.78 Å². The summed E-state index contributed by atoms with van der Waals surface area (Å²) in [4.78, 5) is 16.6. The lowest BCUT2D eigenvalue weighted by Gasteiger charge is -2.07. The first-order chi connectivity index (χ1) is 9.17. The molecular weight excluding hydrogens is 260 g/mol. The number of hydrogen-bond donors (Lipinski definition) is 1. The van der Waals surface area contributed by atoms with Crippen molar-refractivity contribution in [3.63, 3.8) is 0 Å². The standard InChI is InChI=1S/C14H14N2O2S/c1-4-10(9(2)17)14-16-8-12(19-14)11-6-5-7-15-13(11)18-3/h4-8,16H,1H2,2-3H3/b14-10-. The number of nitrogens with zero attached hydrogens (tertiary/aromatic N) is 1. The van der Waals surface area contributed by atoms with Gasteiger partial charge >= 0.3 is 0 Å². The number of methoxy groups -OCH3 is 1. The van der Waals surface area contributed by atoms with Crippen LogP contribution in [0, 0.1) is 0 Å². The molecular formula is C14H14N2O2S. The number of carbonyl (C=O) groups excluding carboxylic acids is 1. The molecule has 0 radical (unpaired) electrons. The molecule has 2 rings (SSSR count). The lowest BCUT2D eigenvalue weighted by atomic mass is 10.2. The minimum atomic E-state index is -0.0159. The lowest BCUT2D eigenvalue weighted by Crippen LogP contribution is -2.04. The first kappa shape index (κ1) is 13.4. The van der Waals surface area contributed by atoms with Crippen LogP contribution in [0.15, 0.2) is 47.8 Å². The highest BCUT2D eigenvalue weighted by Gasteiger charge is 2.20. The highest BCUT2D eigenvalue weighted by atomic mass is 32.2. The Kier molecular flexibility index (Phi) is 4.06. The van der Waals surface area contributed by atoms with Gasteiger partial charge in [0.25, 0.3) is 0 Å². The average molecular weight is 274 g/mol. The van der Waals surface area contributed by atoms with E-state index in [1.165, 1.54) is 18.7 Å². The molecule has 19 heavy (non-hydrogen) atoms.